The SMILES string of the molecule is CS(=O)(=O)N(F)CCc1ncc(-c2ccc(NC(=O)Nc3ccccc3F)cc2)s1. The smallest absolute Gasteiger partial charge is 0.308 e. The Morgan fingerprint density at radius 2 is 1.83 bits per heavy atom. The number of nitrogens with zero attached hydrogens (tertiary/aromatic N) is 2. The lowest BCUT2D eigenvalue weighted by Crippen LogP contribution is -2.23. The van der Waals surface area contributed by atoms with Gasteiger partial charge in [0.15, 0.2) is 0 Å². The van der Waals surface area contributed by atoms with Crippen molar-refractivity contribution in [3.05, 3.63) is 65.6 Å². The predicted octanol–water partition coefficient (Wildman–Crippen LogP) is 4.28. The van der Waals surface area contributed by atoms with E-state index in [9.17, 15) is 22.1 Å². The van der Waals surface area contributed by atoms with Crippen LogP contribution in [0.2, 0.25) is 0 Å². The molecule has 3 rings (SSSR count). The van der Waals surface area contributed by atoms with E-state index in [4.69, 9.17) is 0 Å². The molecule has 30 heavy (non-hydrogen) atoms. The first kappa shape index (κ1) is 21.8. The van der Waals surface area contributed by atoms with Gasteiger partial charge in [0, 0.05) is 18.3 Å². The Morgan fingerprint density at radius 3 is 2.50 bits per heavy atom. The number of hydrogen-bond donors (Lipinski definition) is 2. The number of benzene rings is 2. The number of aromatic nitrogens is 1. The summed E-state index contributed by atoms with van der Waals surface area (Å²) in [6.45, 7) is -0.300. The lowest BCUT2D eigenvalue weighted by atomic mass is 10.2. The summed E-state index contributed by atoms with van der Waals surface area (Å²) in [6.07, 6.45) is 2.58. The second kappa shape index (κ2) is 9.28. The third-order valence-electron chi connectivity index (χ3n) is 3.96. The second-order valence-electron chi connectivity index (χ2n) is 6.28. The maximum absolute atomic E-state index is 13.6. The van der Waals surface area contributed by atoms with Gasteiger partial charge in [0.1, 0.15) is 5.82 Å². The van der Waals surface area contributed by atoms with Crippen LogP contribution in [0.5, 0.6) is 0 Å². The molecule has 1 aromatic heterocycles. The normalized spacial score (nSPS) is 11.5. The van der Waals surface area contributed by atoms with Crippen LogP contribution in [0.1, 0.15) is 5.01 Å². The molecule has 0 spiro atoms. The molecule has 7 nitrogen and oxygen atoms in total. The van der Waals surface area contributed by atoms with E-state index in [1.54, 1.807) is 36.5 Å². The van der Waals surface area contributed by atoms with Crippen molar-refractivity contribution in [3.63, 3.8) is 0 Å². The summed E-state index contributed by atoms with van der Waals surface area (Å²) in [4.78, 5) is 17.0. The van der Waals surface area contributed by atoms with Gasteiger partial charge in [-0.1, -0.05) is 24.3 Å². The van der Waals surface area contributed by atoms with Gasteiger partial charge in [0.2, 0.25) is 10.0 Å². The highest BCUT2D eigenvalue weighted by Gasteiger charge is 2.16. The van der Waals surface area contributed by atoms with E-state index >= 15 is 0 Å². The molecule has 0 radical (unpaired) electrons. The van der Waals surface area contributed by atoms with Gasteiger partial charge >= 0.3 is 6.03 Å². The number of amides is 2. The van der Waals surface area contributed by atoms with Crippen LogP contribution in [0.25, 0.3) is 10.4 Å². The number of thiazole rings is 1. The molecule has 0 aliphatic carbocycles. The average Bonchev–Trinajstić information content (AvgIpc) is 3.16. The number of carbonyl (C=O) groups excluding carboxylic acids is 1. The van der Waals surface area contributed by atoms with Crippen molar-refractivity contribution >= 4 is 38.8 Å². The number of carbonyl (C=O) groups is 1. The summed E-state index contributed by atoms with van der Waals surface area (Å²) in [5.41, 5.74) is 1.42. The fraction of sp³-hybridized carbons (Fsp3) is 0.158. The Hall–Kier alpha value is -2.89. The zero-order valence-corrected chi connectivity index (χ0v) is 17.4. The molecule has 0 fully saturated rings. The number of nitrogens with one attached hydrogen (secondary N) is 2. The van der Waals surface area contributed by atoms with Gasteiger partial charge in [0.25, 0.3) is 0 Å². The summed E-state index contributed by atoms with van der Waals surface area (Å²) in [7, 11) is -3.87. The molecule has 2 N–H and O–H groups in total. The van der Waals surface area contributed by atoms with Crippen molar-refractivity contribution in [3.8, 4) is 10.4 Å². The zero-order valence-electron chi connectivity index (χ0n) is 15.8. The van der Waals surface area contributed by atoms with Crippen LogP contribution in [0.15, 0.2) is 54.7 Å². The van der Waals surface area contributed by atoms with Crippen LogP contribution in [0.4, 0.5) is 25.0 Å². The predicted molar refractivity (Wildman–Crippen MR) is 113 cm³/mol. The van der Waals surface area contributed by atoms with Gasteiger partial charge in [-0.3, -0.25) is 0 Å². The Bertz CT molecular complexity index is 1130. The molecule has 11 heteroatoms. The minimum atomic E-state index is -3.87. The van der Waals surface area contributed by atoms with Crippen molar-refractivity contribution in [1.82, 2.24) is 9.51 Å². The first-order valence-electron chi connectivity index (χ1n) is 8.73. The molecule has 2 aromatic carbocycles. The molecule has 0 bridgehead atoms. The Kier molecular flexibility index (Phi) is 6.75. The van der Waals surface area contributed by atoms with Crippen molar-refractivity contribution in [2.75, 3.05) is 23.4 Å². The molecule has 3 aromatic rings. The largest absolute Gasteiger partial charge is 0.323 e. The number of anilines is 2. The van der Waals surface area contributed by atoms with Gasteiger partial charge in [-0.05, 0) is 34.4 Å². The van der Waals surface area contributed by atoms with Crippen LogP contribution in [-0.2, 0) is 16.4 Å². The van der Waals surface area contributed by atoms with Crippen LogP contribution >= 0.6 is 11.3 Å². The maximum atomic E-state index is 13.6. The van der Waals surface area contributed by atoms with Gasteiger partial charge < -0.3 is 10.6 Å². The summed E-state index contributed by atoms with van der Waals surface area (Å²) in [5.74, 6) is -0.531. The lowest BCUT2D eigenvalue weighted by Gasteiger charge is -2.08. The van der Waals surface area contributed by atoms with Crippen molar-refractivity contribution < 1.29 is 22.1 Å². The van der Waals surface area contributed by atoms with Crippen molar-refractivity contribution in [2.45, 2.75) is 6.42 Å². The summed E-state index contributed by atoms with van der Waals surface area (Å²) in [6, 6.07) is 12.2. The number of hydrogen-bond acceptors (Lipinski definition) is 5. The fourth-order valence-corrected chi connectivity index (χ4v) is 3.81. The minimum absolute atomic E-state index is 0.0755. The first-order chi connectivity index (χ1) is 14.2. The molecule has 0 saturated heterocycles. The molecule has 0 aliphatic rings. The molecule has 2 amide bonds. The highest BCUT2D eigenvalue weighted by molar-refractivity contribution is 7.88. The van der Waals surface area contributed by atoms with Crippen LogP contribution in [0, 0.1) is 5.82 Å². The first-order valence-corrected chi connectivity index (χ1v) is 11.4. The van der Waals surface area contributed by atoms with Crippen LogP contribution in [0.3, 0.4) is 0 Å². The van der Waals surface area contributed by atoms with E-state index < -0.39 is 21.9 Å². The summed E-state index contributed by atoms with van der Waals surface area (Å²) < 4.78 is 49.0. The quantitative estimate of drug-likeness (QED) is 0.524. The van der Waals surface area contributed by atoms with Gasteiger partial charge in [-0.15, -0.1) is 15.8 Å². The Labute approximate surface area is 176 Å². The Balaban J connectivity index is 1.59. The highest BCUT2D eigenvalue weighted by Crippen LogP contribution is 2.27. The summed E-state index contributed by atoms with van der Waals surface area (Å²) >= 11 is 1.32. The number of para-hydroxylation sites is 1. The molecule has 0 aliphatic heterocycles. The Morgan fingerprint density at radius 1 is 1.13 bits per heavy atom. The molecule has 0 saturated carbocycles. The van der Waals surface area contributed by atoms with E-state index in [1.165, 1.54) is 29.5 Å². The maximum Gasteiger partial charge on any atom is 0.323 e. The van der Waals surface area contributed by atoms with Crippen LogP contribution < -0.4 is 10.6 Å². The molecule has 0 unspecified atom stereocenters. The number of urea groups is 1. The third kappa shape index (κ3) is 5.81. The lowest BCUT2D eigenvalue weighted by molar-refractivity contribution is 0.142. The van der Waals surface area contributed by atoms with E-state index in [0.29, 0.717) is 10.7 Å². The van der Waals surface area contributed by atoms with Gasteiger partial charge in [0.05, 0.1) is 28.4 Å². The molecular weight excluding hydrogens is 434 g/mol. The van der Waals surface area contributed by atoms with E-state index in [0.717, 1.165) is 16.7 Å². The highest BCUT2D eigenvalue weighted by atomic mass is 32.2. The molecule has 158 valence electrons. The zero-order chi connectivity index (χ0) is 21.7. The number of sulfonamides is 1. The fourth-order valence-electron chi connectivity index (χ4n) is 2.47. The van der Waals surface area contributed by atoms with Crippen molar-refractivity contribution in [2.24, 2.45) is 0 Å². The minimum Gasteiger partial charge on any atom is -0.308 e. The average molecular weight is 453 g/mol. The molecule has 1 heterocycles. The monoisotopic (exact) mass is 452 g/mol. The van der Waals surface area contributed by atoms with E-state index in [2.05, 4.69) is 15.6 Å². The topological polar surface area (TPSA) is 91.4 Å². The number of halogens is 2. The van der Waals surface area contributed by atoms with E-state index in [1.807, 2.05) is 0 Å². The number of rotatable bonds is 7. The standard InChI is InChI=1S/C19H18F2N4O3S2/c1-30(27,28)25(21)11-10-18-22-12-17(29-18)13-6-8-14(9-7-13)23-19(26)24-16-5-3-2-4-15(16)20/h2-9,12H,10-11H2,1H3,(H2,23,24,26). The van der Waals surface area contributed by atoms with Gasteiger partial charge in [-0.2, -0.15) is 0 Å². The molecule has 0 atom stereocenters. The third-order valence-corrected chi connectivity index (χ3v) is 5.97. The van der Waals surface area contributed by atoms with Crippen LogP contribution in [-0.4, -0.2) is 36.8 Å². The molecular formula is C19H18F2N4O3S2. The second-order valence-corrected chi connectivity index (χ2v) is 9.26. The van der Waals surface area contributed by atoms with Gasteiger partial charge in [-0.25, -0.2) is 22.6 Å². The summed E-state index contributed by atoms with van der Waals surface area (Å²) in [5, 5.41) is 5.65. The van der Waals surface area contributed by atoms with Crippen molar-refractivity contribution in [1.29, 1.82) is 0 Å². The van der Waals surface area contributed by atoms with E-state index in [-0.39, 0.29) is 23.2 Å².